The maximum atomic E-state index is 12.6. The SMILES string of the molecule is CCc1c(C)ccc2sc3ccccc3c(=O)c12. The van der Waals surface area contributed by atoms with Crippen LogP contribution in [0.4, 0.5) is 0 Å². The summed E-state index contributed by atoms with van der Waals surface area (Å²) in [5.74, 6) is 0. The van der Waals surface area contributed by atoms with E-state index in [1.807, 2.05) is 24.3 Å². The lowest BCUT2D eigenvalue weighted by molar-refractivity contribution is 1.13. The molecule has 0 radical (unpaired) electrons. The molecule has 0 spiro atoms. The molecule has 0 aliphatic heterocycles. The first kappa shape index (κ1) is 11.4. The Balaban J connectivity index is 2.61. The molecule has 0 fully saturated rings. The molecule has 0 saturated carbocycles. The smallest absolute Gasteiger partial charge is 0.196 e. The van der Waals surface area contributed by atoms with Gasteiger partial charge in [-0.3, -0.25) is 4.79 Å². The Hall–Kier alpha value is -1.67. The molecule has 0 aliphatic rings. The van der Waals surface area contributed by atoms with Crippen molar-refractivity contribution in [3.05, 3.63) is 57.7 Å². The first-order chi connectivity index (χ1) is 8.72. The molecule has 1 heterocycles. The zero-order valence-corrected chi connectivity index (χ0v) is 11.3. The van der Waals surface area contributed by atoms with Crippen molar-refractivity contribution in [2.24, 2.45) is 0 Å². The number of hydrogen-bond donors (Lipinski definition) is 0. The highest BCUT2D eigenvalue weighted by Gasteiger charge is 2.10. The van der Waals surface area contributed by atoms with Crippen molar-refractivity contribution in [2.75, 3.05) is 0 Å². The Morgan fingerprint density at radius 2 is 1.83 bits per heavy atom. The van der Waals surface area contributed by atoms with Crippen LogP contribution in [0.5, 0.6) is 0 Å². The third kappa shape index (κ3) is 1.57. The molecule has 0 bridgehead atoms. The molecule has 3 rings (SSSR count). The minimum atomic E-state index is 0.180. The summed E-state index contributed by atoms with van der Waals surface area (Å²) in [5.41, 5.74) is 2.59. The Labute approximate surface area is 110 Å². The molecule has 0 unspecified atom stereocenters. The predicted molar refractivity (Wildman–Crippen MR) is 79.7 cm³/mol. The van der Waals surface area contributed by atoms with Crippen molar-refractivity contribution in [3.63, 3.8) is 0 Å². The van der Waals surface area contributed by atoms with Crippen LogP contribution in [-0.4, -0.2) is 0 Å². The van der Waals surface area contributed by atoms with E-state index >= 15 is 0 Å². The normalized spacial score (nSPS) is 11.2. The average Bonchev–Trinajstić information content (AvgIpc) is 2.40. The van der Waals surface area contributed by atoms with Crippen LogP contribution in [-0.2, 0) is 6.42 Å². The van der Waals surface area contributed by atoms with E-state index < -0.39 is 0 Å². The lowest BCUT2D eigenvalue weighted by Crippen LogP contribution is -2.05. The van der Waals surface area contributed by atoms with Crippen molar-refractivity contribution < 1.29 is 0 Å². The summed E-state index contributed by atoms with van der Waals surface area (Å²) < 4.78 is 2.17. The Kier molecular flexibility index (Phi) is 2.67. The van der Waals surface area contributed by atoms with Crippen LogP contribution in [0.2, 0.25) is 0 Å². The maximum absolute atomic E-state index is 12.6. The number of benzene rings is 2. The number of rotatable bonds is 1. The van der Waals surface area contributed by atoms with Gasteiger partial charge in [-0.15, -0.1) is 11.3 Å². The van der Waals surface area contributed by atoms with Crippen LogP contribution in [0.1, 0.15) is 18.1 Å². The van der Waals surface area contributed by atoms with Gasteiger partial charge in [0.2, 0.25) is 0 Å². The first-order valence-corrected chi connectivity index (χ1v) is 6.98. The maximum Gasteiger partial charge on any atom is 0.196 e. The molecule has 2 heteroatoms. The van der Waals surface area contributed by atoms with E-state index in [-0.39, 0.29) is 5.43 Å². The molecule has 1 aromatic heterocycles. The van der Waals surface area contributed by atoms with E-state index in [1.165, 1.54) is 11.1 Å². The summed E-state index contributed by atoms with van der Waals surface area (Å²) in [5, 5.41) is 1.76. The van der Waals surface area contributed by atoms with Gasteiger partial charge in [0.05, 0.1) is 0 Å². The van der Waals surface area contributed by atoms with E-state index in [0.29, 0.717) is 0 Å². The Bertz CT molecular complexity index is 799. The minimum absolute atomic E-state index is 0.180. The fraction of sp³-hybridized carbons (Fsp3) is 0.188. The van der Waals surface area contributed by atoms with Crippen LogP contribution in [0, 0.1) is 6.92 Å². The highest BCUT2D eigenvalue weighted by atomic mass is 32.1. The van der Waals surface area contributed by atoms with Gasteiger partial charge in [-0.05, 0) is 42.7 Å². The summed E-state index contributed by atoms with van der Waals surface area (Å²) in [6, 6.07) is 12.1. The topological polar surface area (TPSA) is 17.1 Å². The van der Waals surface area contributed by atoms with Gasteiger partial charge >= 0.3 is 0 Å². The van der Waals surface area contributed by atoms with Crippen molar-refractivity contribution in [2.45, 2.75) is 20.3 Å². The van der Waals surface area contributed by atoms with E-state index in [0.717, 1.165) is 26.6 Å². The second-order valence-corrected chi connectivity index (χ2v) is 5.60. The lowest BCUT2D eigenvalue weighted by Gasteiger charge is -2.08. The molecule has 0 N–H and O–H groups in total. The lowest BCUT2D eigenvalue weighted by atomic mass is 10.0. The summed E-state index contributed by atoms with van der Waals surface area (Å²) >= 11 is 1.70. The molecule has 1 nitrogen and oxygen atoms in total. The van der Waals surface area contributed by atoms with Crippen molar-refractivity contribution in [1.29, 1.82) is 0 Å². The van der Waals surface area contributed by atoms with Gasteiger partial charge in [-0.2, -0.15) is 0 Å². The van der Waals surface area contributed by atoms with E-state index in [9.17, 15) is 4.79 Å². The van der Waals surface area contributed by atoms with Gasteiger partial charge in [0.25, 0.3) is 0 Å². The molecule has 0 atom stereocenters. The summed E-state index contributed by atoms with van der Waals surface area (Å²) in [6.07, 6.45) is 0.906. The fourth-order valence-electron chi connectivity index (χ4n) is 2.52. The molecule has 2 aromatic carbocycles. The van der Waals surface area contributed by atoms with E-state index in [4.69, 9.17) is 0 Å². The monoisotopic (exact) mass is 254 g/mol. The molecule has 90 valence electrons. The largest absolute Gasteiger partial charge is 0.288 e. The van der Waals surface area contributed by atoms with Crippen molar-refractivity contribution in [1.82, 2.24) is 0 Å². The highest BCUT2D eigenvalue weighted by Crippen LogP contribution is 2.28. The molecule has 18 heavy (non-hydrogen) atoms. The zero-order chi connectivity index (χ0) is 12.7. The van der Waals surface area contributed by atoms with Crippen LogP contribution in [0.15, 0.2) is 41.2 Å². The van der Waals surface area contributed by atoms with Gasteiger partial charge < -0.3 is 0 Å². The molecule has 0 saturated heterocycles. The first-order valence-electron chi connectivity index (χ1n) is 6.16. The fourth-order valence-corrected chi connectivity index (χ4v) is 3.62. The molecule has 0 aliphatic carbocycles. The third-order valence-electron chi connectivity index (χ3n) is 3.44. The minimum Gasteiger partial charge on any atom is -0.288 e. The van der Waals surface area contributed by atoms with Gasteiger partial charge in [0.1, 0.15) is 0 Å². The Morgan fingerprint density at radius 3 is 2.61 bits per heavy atom. The van der Waals surface area contributed by atoms with Crippen molar-refractivity contribution in [3.8, 4) is 0 Å². The molecule has 0 amide bonds. The average molecular weight is 254 g/mol. The molecule has 3 aromatic rings. The second kappa shape index (κ2) is 4.21. The van der Waals surface area contributed by atoms with Crippen LogP contribution < -0.4 is 5.43 Å². The van der Waals surface area contributed by atoms with Crippen molar-refractivity contribution >= 4 is 31.5 Å². The highest BCUT2D eigenvalue weighted by molar-refractivity contribution is 7.24. The van der Waals surface area contributed by atoms with Crippen LogP contribution in [0.25, 0.3) is 20.2 Å². The van der Waals surface area contributed by atoms with E-state index in [2.05, 4.69) is 26.0 Å². The number of fused-ring (bicyclic) bond motifs is 2. The predicted octanol–water partition coefficient (Wildman–Crippen LogP) is 4.29. The number of hydrogen-bond acceptors (Lipinski definition) is 2. The van der Waals surface area contributed by atoms with Gasteiger partial charge in [-0.25, -0.2) is 0 Å². The summed E-state index contributed by atoms with van der Waals surface area (Å²) in [6.45, 7) is 4.19. The van der Waals surface area contributed by atoms with Gasteiger partial charge in [0.15, 0.2) is 5.43 Å². The second-order valence-electron chi connectivity index (χ2n) is 4.52. The summed E-state index contributed by atoms with van der Waals surface area (Å²) in [4.78, 5) is 12.6. The number of aryl methyl sites for hydroxylation is 2. The van der Waals surface area contributed by atoms with Crippen LogP contribution in [0.3, 0.4) is 0 Å². The standard InChI is InChI=1S/C16H14OS/c1-3-11-10(2)8-9-14-15(11)16(17)12-6-4-5-7-13(12)18-14/h4-9H,3H2,1-2H3. The molecular formula is C16H14OS. The zero-order valence-electron chi connectivity index (χ0n) is 10.5. The Morgan fingerprint density at radius 1 is 1.06 bits per heavy atom. The molecular weight excluding hydrogens is 240 g/mol. The van der Waals surface area contributed by atoms with Gasteiger partial charge in [0, 0.05) is 20.2 Å². The van der Waals surface area contributed by atoms with E-state index in [1.54, 1.807) is 11.3 Å². The summed E-state index contributed by atoms with van der Waals surface area (Å²) in [7, 11) is 0. The van der Waals surface area contributed by atoms with Gasteiger partial charge in [-0.1, -0.05) is 25.1 Å². The quantitative estimate of drug-likeness (QED) is 0.592. The van der Waals surface area contributed by atoms with Crippen LogP contribution >= 0.6 is 11.3 Å². The third-order valence-corrected chi connectivity index (χ3v) is 4.58.